The molecule has 120 valence electrons. The summed E-state index contributed by atoms with van der Waals surface area (Å²) in [7, 11) is 1.74. The van der Waals surface area contributed by atoms with Crippen LogP contribution in [0.3, 0.4) is 0 Å². The van der Waals surface area contributed by atoms with Crippen LogP contribution in [-0.2, 0) is 11.2 Å². The van der Waals surface area contributed by atoms with Crippen LogP contribution in [-0.4, -0.2) is 36.3 Å². The Balaban J connectivity index is 3.01. The molecule has 0 aromatic carbocycles. The summed E-state index contributed by atoms with van der Waals surface area (Å²) in [5.41, 5.74) is 1.08. The Labute approximate surface area is 128 Å². The molecule has 0 saturated heterocycles. The smallest absolute Gasteiger partial charge is 0.135 e. The van der Waals surface area contributed by atoms with Gasteiger partial charge < -0.3 is 15.4 Å². The Morgan fingerprint density at radius 1 is 1.10 bits per heavy atom. The lowest BCUT2D eigenvalue weighted by Gasteiger charge is -2.21. The first-order chi connectivity index (χ1) is 10.2. The fraction of sp³-hybridized carbons (Fsp3) is 0.750. The van der Waals surface area contributed by atoms with Crippen molar-refractivity contribution in [3.05, 3.63) is 11.4 Å². The molecule has 0 aliphatic heterocycles. The van der Waals surface area contributed by atoms with E-state index in [4.69, 9.17) is 9.72 Å². The first kappa shape index (κ1) is 17.7. The lowest BCUT2D eigenvalue weighted by molar-refractivity contribution is 0.182. The molecule has 1 rings (SSSR count). The zero-order valence-corrected chi connectivity index (χ0v) is 14.1. The molecule has 0 bridgehead atoms. The number of anilines is 2. The second kappa shape index (κ2) is 9.55. The zero-order valence-electron chi connectivity index (χ0n) is 14.1. The van der Waals surface area contributed by atoms with Gasteiger partial charge in [-0.3, -0.25) is 0 Å². The van der Waals surface area contributed by atoms with E-state index in [2.05, 4.69) is 43.3 Å². The third-order valence-electron chi connectivity index (χ3n) is 3.36. The van der Waals surface area contributed by atoms with Gasteiger partial charge in [-0.15, -0.1) is 0 Å². The Morgan fingerprint density at radius 3 is 2.38 bits per heavy atom. The van der Waals surface area contributed by atoms with Gasteiger partial charge in [0.05, 0.1) is 12.6 Å². The molecule has 1 atom stereocenters. The number of ether oxygens (including phenoxy) is 1. The van der Waals surface area contributed by atoms with E-state index >= 15 is 0 Å². The zero-order chi connectivity index (χ0) is 15.7. The Bertz CT molecular complexity index is 417. The summed E-state index contributed by atoms with van der Waals surface area (Å²) < 4.78 is 5.30. The van der Waals surface area contributed by atoms with Crippen molar-refractivity contribution in [3.8, 4) is 0 Å². The van der Waals surface area contributed by atoms with Gasteiger partial charge in [0.15, 0.2) is 0 Å². The highest BCUT2D eigenvalue weighted by Crippen LogP contribution is 2.22. The molecule has 21 heavy (non-hydrogen) atoms. The van der Waals surface area contributed by atoms with Gasteiger partial charge in [-0.1, -0.05) is 20.3 Å². The molecule has 5 heteroatoms. The highest BCUT2D eigenvalue weighted by atomic mass is 16.5. The Hall–Kier alpha value is -1.36. The molecular formula is C16H30N4O. The number of rotatable bonds is 10. The third-order valence-corrected chi connectivity index (χ3v) is 3.36. The maximum Gasteiger partial charge on any atom is 0.135 e. The van der Waals surface area contributed by atoms with Crippen molar-refractivity contribution < 1.29 is 4.74 Å². The van der Waals surface area contributed by atoms with E-state index in [9.17, 15) is 0 Å². The average molecular weight is 294 g/mol. The lowest BCUT2D eigenvalue weighted by Crippen LogP contribution is -2.26. The second-order valence-electron chi connectivity index (χ2n) is 5.33. The highest BCUT2D eigenvalue weighted by molar-refractivity contribution is 5.57. The van der Waals surface area contributed by atoms with E-state index < -0.39 is 0 Å². The van der Waals surface area contributed by atoms with Crippen molar-refractivity contribution in [1.29, 1.82) is 0 Å². The molecule has 1 heterocycles. The predicted octanol–water partition coefficient (Wildman–Crippen LogP) is 3.40. The van der Waals surface area contributed by atoms with Crippen LogP contribution in [0.15, 0.2) is 0 Å². The van der Waals surface area contributed by atoms with Gasteiger partial charge in [0.25, 0.3) is 0 Å². The quantitative estimate of drug-likeness (QED) is 0.692. The molecule has 0 fully saturated rings. The Morgan fingerprint density at radius 2 is 1.81 bits per heavy atom. The van der Waals surface area contributed by atoms with Crippen LogP contribution in [0.2, 0.25) is 0 Å². The minimum Gasteiger partial charge on any atom is -0.383 e. The van der Waals surface area contributed by atoms with Crippen LogP contribution >= 0.6 is 0 Å². The largest absolute Gasteiger partial charge is 0.383 e. The summed E-state index contributed by atoms with van der Waals surface area (Å²) in [4.78, 5) is 9.31. The number of aryl methyl sites for hydroxylation is 1. The van der Waals surface area contributed by atoms with E-state index in [1.54, 1.807) is 7.11 Å². The van der Waals surface area contributed by atoms with Gasteiger partial charge in [-0.2, -0.15) is 0 Å². The first-order valence-corrected chi connectivity index (χ1v) is 8.02. The van der Waals surface area contributed by atoms with Gasteiger partial charge in [0.1, 0.15) is 17.5 Å². The van der Waals surface area contributed by atoms with Crippen molar-refractivity contribution in [3.63, 3.8) is 0 Å². The molecule has 1 aromatic heterocycles. The Kier molecular flexibility index (Phi) is 8.05. The summed E-state index contributed by atoms with van der Waals surface area (Å²) in [5.74, 6) is 2.76. The number of methoxy groups -OCH3 is 1. The fourth-order valence-electron chi connectivity index (χ4n) is 2.32. The van der Waals surface area contributed by atoms with Crippen LogP contribution < -0.4 is 10.6 Å². The molecule has 5 nitrogen and oxygen atoms in total. The summed E-state index contributed by atoms with van der Waals surface area (Å²) >= 11 is 0. The molecule has 0 aliphatic carbocycles. The van der Waals surface area contributed by atoms with Crippen LogP contribution in [0.5, 0.6) is 0 Å². The lowest BCUT2D eigenvalue weighted by atomic mass is 10.1. The minimum absolute atomic E-state index is 0.289. The van der Waals surface area contributed by atoms with Crippen LogP contribution in [0.25, 0.3) is 0 Å². The van der Waals surface area contributed by atoms with Crippen molar-refractivity contribution in [2.75, 3.05) is 30.9 Å². The fourth-order valence-corrected chi connectivity index (χ4v) is 2.32. The first-order valence-electron chi connectivity index (χ1n) is 8.02. The van der Waals surface area contributed by atoms with E-state index in [1.165, 1.54) is 0 Å². The van der Waals surface area contributed by atoms with Gasteiger partial charge in [0, 0.05) is 25.6 Å². The van der Waals surface area contributed by atoms with Crippen molar-refractivity contribution in [2.24, 2.45) is 0 Å². The molecule has 0 aliphatic rings. The topological polar surface area (TPSA) is 59.1 Å². The molecule has 1 unspecified atom stereocenters. The van der Waals surface area contributed by atoms with Gasteiger partial charge in [0.2, 0.25) is 0 Å². The summed E-state index contributed by atoms with van der Waals surface area (Å²) in [6.07, 6.45) is 4.13. The number of nitrogens with zero attached hydrogens (tertiary/aromatic N) is 2. The molecule has 1 aromatic rings. The summed E-state index contributed by atoms with van der Waals surface area (Å²) in [5, 5.41) is 6.86. The highest BCUT2D eigenvalue weighted by Gasteiger charge is 2.14. The van der Waals surface area contributed by atoms with Crippen LogP contribution in [0, 0.1) is 6.92 Å². The van der Waals surface area contributed by atoms with E-state index in [0.29, 0.717) is 6.61 Å². The minimum atomic E-state index is 0.289. The predicted molar refractivity (Wildman–Crippen MR) is 89.1 cm³/mol. The maximum atomic E-state index is 5.30. The van der Waals surface area contributed by atoms with Gasteiger partial charge in [-0.25, -0.2) is 9.97 Å². The summed E-state index contributed by atoms with van der Waals surface area (Å²) in [6, 6.07) is 0.289. The molecule has 2 N–H and O–H groups in total. The molecule has 0 spiro atoms. The number of hydrogen-bond acceptors (Lipinski definition) is 5. The van der Waals surface area contributed by atoms with Crippen LogP contribution in [0.4, 0.5) is 11.6 Å². The van der Waals surface area contributed by atoms with E-state index in [-0.39, 0.29) is 6.04 Å². The van der Waals surface area contributed by atoms with Crippen LogP contribution in [0.1, 0.15) is 51.4 Å². The molecule has 0 amide bonds. The average Bonchev–Trinajstić information content (AvgIpc) is 2.45. The second-order valence-corrected chi connectivity index (χ2v) is 5.33. The van der Waals surface area contributed by atoms with Crippen molar-refractivity contribution in [2.45, 2.75) is 59.4 Å². The number of nitrogens with one attached hydrogen (secondary N) is 2. The van der Waals surface area contributed by atoms with E-state index in [0.717, 1.165) is 55.3 Å². The monoisotopic (exact) mass is 294 g/mol. The molecular weight excluding hydrogens is 264 g/mol. The SMILES string of the molecule is CCCc1nc(NCC)c(C)c(NC(CCC)COC)n1. The summed E-state index contributed by atoms with van der Waals surface area (Å²) in [6.45, 7) is 10.0. The maximum absolute atomic E-state index is 5.30. The normalized spacial score (nSPS) is 12.2. The number of aromatic nitrogens is 2. The standard InChI is InChI=1S/C16H30N4O/c1-6-9-13(11-21-5)18-16-12(4)15(17-8-3)19-14(20-16)10-7-2/h13H,6-11H2,1-5H3,(H2,17,18,19,20). The van der Waals surface area contributed by atoms with E-state index in [1.807, 2.05) is 0 Å². The number of hydrogen-bond donors (Lipinski definition) is 2. The third kappa shape index (κ3) is 5.50. The van der Waals surface area contributed by atoms with Gasteiger partial charge in [-0.05, 0) is 26.7 Å². The van der Waals surface area contributed by atoms with Crippen molar-refractivity contribution in [1.82, 2.24) is 9.97 Å². The molecule has 0 saturated carbocycles. The van der Waals surface area contributed by atoms with Crippen molar-refractivity contribution >= 4 is 11.6 Å². The van der Waals surface area contributed by atoms with Gasteiger partial charge >= 0.3 is 0 Å². The molecule has 0 radical (unpaired) electrons.